The highest BCUT2D eigenvalue weighted by atomic mass is 35.5. The highest BCUT2D eigenvalue weighted by molar-refractivity contribution is 5.85. The van der Waals surface area contributed by atoms with Crippen LogP contribution in [0.15, 0.2) is 42.7 Å². The topological polar surface area (TPSA) is 73.4 Å². The average molecular weight is 365 g/mol. The van der Waals surface area contributed by atoms with Gasteiger partial charge in [-0.25, -0.2) is 0 Å². The van der Waals surface area contributed by atoms with E-state index in [2.05, 4.69) is 5.10 Å². The Hall–Kier alpha value is -1.89. The molecule has 0 spiro atoms. The number of amides is 1. The van der Waals surface area contributed by atoms with Crippen molar-refractivity contribution in [2.75, 3.05) is 19.7 Å². The molecule has 25 heavy (non-hydrogen) atoms. The largest absolute Gasteiger partial charge is 0.367 e. The predicted molar refractivity (Wildman–Crippen MR) is 98.5 cm³/mol. The lowest BCUT2D eigenvalue weighted by Crippen LogP contribution is -2.54. The summed E-state index contributed by atoms with van der Waals surface area (Å²) in [6, 6.07) is 9.32. The van der Waals surface area contributed by atoms with Crippen LogP contribution in [-0.2, 0) is 28.6 Å². The second kappa shape index (κ2) is 7.99. The van der Waals surface area contributed by atoms with Crippen LogP contribution in [0.3, 0.4) is 0 Å². The maximum absolute atomic E-state index is 12.8. The van der Waals surface area contributed by atoms with Gasteiger partial charge in [0.05, 0.1) is 25.4 Å². The third kappa shape index (κ3) is 4.39. The van der Waals surface area contributed by atoms with Crippen LogP contribution in [0.4, 0.5) is 0 Å². The van der Waals surface area contributed by atoms with Crippen LogP contribution in [0.1, 0.15) is 18.1 Å². The summed E-state index contributed by atoms with van der Waals surface area (Å²) >= 11 is 0. The summed E-state index contributed by atoms with van der Waals surface area (Å²) in [6.07, 6.45) is 4.26. The highest BCUT2D eigenvalue weighted by Crippen LogP contribution is 2.29. The zero-order valence-corrected chi connectivity index (χ0v) is 15.4. The molecule has 1 aromatic heterocycles. The van der Waals surface area contributed by atoms with Gasteiger partial charge in [-0.15, -0.1) is 12.4 Å². The molecule has 1 saturated heterocycles. The predicted octanol–water partition coefficient (Wildman–Crippen LogP) is 1.49. The van der Waals surface area contributed by atoms with Gasteiger partial charge < -0.3 is 15.4 Å². The molecule has 6 nitrogen and oxygen atoms in total. The van der Waals surface area contributed by atoms with E-state index in [-0.39, 0.29) is 18.3 Å². The van der Waals surface area contributed by atoms with Crippen molar-refractivity contribution >= 4 is 18.3 Å². The molecule has 0 radical (unpaired) electrons. The van der Waals surface area contributed by atoms with Crippen molar-refractivity contribution in [2.24, 2.45) is 12.8 Å². The molecule has 7 heteroatoms. The van der Waals surface area contributed by atoms with Gasteiger partial charge in [-0.3, -0.25) is 9.48 Å². The SMILES string of the molecule is Cl.Cn1cc(C2(C)CN(C(=O)[C@@H](N)Cc3ccccc3)CCO2)cn1. The Balaban J connectivity index is 0.00000225. The number of carbonyl (C=O) groups excluding carboxylic acids is 1. The van der Waals surface area contributed by atoms with Gasteiger partial charge in [-0.05, 0) is 18.9 Å². The number of halogens is 1. The van der Waals surface area contributed by atoms with E-state index in [9.17, 15) is 4.79 Å². The van der Waals surface area contributed by atoms with Crippen molar-refractivity contribution in [3.8, 4) is 0 Å². The van der Waals surface area contributed by atoms with Crippen LogP contribution in [0.25, 0.3) is 0 Å². The van der Waals surface area contributed by atoms with Crippen LogP contribution in [0.5, 0.6) is 0 Å². The Labute approximate surface area is 154 Å². The number of carbonyl (C=O) groups is 1. The van der Waals surface area contributed by atoms with E-state index in [4.69, 9.17) is 10.5 Å². The van der Waals surface area contributed by atoms with Gasteiger partial charge in [0.15, 0.2) is 0 Å². The third-order valence-corrected chi connectivity index (χ3v) is 4.52. The van der Waals surface area contributed by atoms with Gasteiger partial charge in [0.1, 0.15) is 5.60 Å². The van der Waals surface area contributed by atoms with Crippen molar-refractivity contribution in [1.82, 2.24) is 14.7 Å². The fourth-order valence-corrected chi connectivity index (χ4v) is 3.12. The first-order valence-electron chi connectivity index (χ1n) is 8.19. The van der Waals surface area contributed by atoms with Crippen molar-refractivity contribution in [3.63, 3.8) is 0 Å². The van der Waals surface area contributed by atoms with E-state index in [1.54, 1.807) is 10.9 Å². The quantitative estimate of drug-likeness (QED) is 0.892. The number of aromatic nitrogens is 2. The fraction of sp³-hybridized carbons (Fsp3) is 0.444. The van der Waals surface area contributed by atoms with Crippen molar-refractivity contribution in [2.45, 2.75) is 25.0 Å². The van der Waals surface area contributed by atoms with Gasteiger partial charge in [0.2, 0.25) is 5.91 Å². The number of hydrogen-bond acceptors (Lipinski definition) is 4. The molecule has 3 rings (SSSR count). The lowest BCUT2D eigenvalue weighted by atomic mass is 9.96. The Kier molecular flexibility index (Phi) is 6.21. The normalized spacial score (nSPS) is 21.5. The highest BCUT2D eigenvalue weighted by Gasteiger charge is 2.37. The number of benzene rings is 1. The summed E-state index contributed by atoms with van der Waals surface area (Å²) in [4.78, 5) is 14.6. The first kappa shape index (κ1) is 19.4. The number of nitrogens with two attached hydrogens (primary N) is 1. The molecule has 1 fully saturated rings. The molecule has 0 bridgehead atoms. The molecule has 1 aromatic carbocycles. The van der Waals surface area contributed by atoms with Gasteiger partial charge >= 0.3 is 0 Å². The summed E-state index contributed by atoms with van der Waals surface area (Å²) in [7, 11) is 1.87. The smallest absolute Gasteiger partial charge is 0.240 e. The van der Waals surface area contributed by atoms with E-state index in [0.717, 1.165) is 11.1 Å². The van der Waals surface area contributed by atoms with Gasteiger partial charge in [0, 0.05) is 25.4 Å². The van der Waals surface area contributed by atoms with Crippen molar-refractivity contribution in [3.05, 3.63) is 53.9 Å². The lowest BCUT2D eigenvalue weighted by Gasteiger charge is -2.40. The molecule has 2 N–H and O–H groups in total. The van der Waals surface area contributed by atoms with E-state index in [0.29, 0.717) is 26.1 Å². The Morgan fingerprint density at radius 2 is 2.12 bits per heavy atom. The fourth-order valence-electron chi connectivity index (χ4n) is 3.12. The molecule has 1 unspecified atom stereocenters. The molecule has 136 valence electrons. The summed E-state index contributed by atoms with van der Waals surface area (Å²) in [6.45, 7) is 3.54. The van der Waals surface area contributed by atoms with Crippen molar-refractivity contribution < 1.29 is 9.53 Å². The molecule has 1 amide bonds. The summed E-state index contributed by atoms with van der Waals surface area (Å²) < 4.78 is 7.70. The van der Waals surface area contributed by atoms with Crippen LogP contribution < -0.4 is 5.73 Å². The molecule has 2 atom stereocenters. The number of nitrogens with zero attached hydrogens (tertiary/aromatic N) is 3. The minimum Gasteiger partial charge on any atom is -0.367 e. The van der Waals surface area contributed by atoms with Gasteiger partial charge in [-0.1, -0.05) is 30.3 Å². The zero-order chi connectivity index (χ0) is 17.2. The van der Waals surface area contributed by atoms with Crippen LogP contribution in [0.2, 0.25) is 0 Å². The van der Waals surface area contributed by atoms with Crippen LogP contribution in [-0.4, -0.2) is 46.3 Å². The molecular formula is C18H25ClN4O2. The van der Waals surface area contributed by atoms with Crippen LogP contribution >= 0.6 is 12.4 Å². The Morgan fingerprint density at radius 1 is 1.40 bits per heavy atom. The van der Waals surface area contributed by atoms with Gasteiger partial charge in [-0.2, -0.15) is 5.10 Å². The third-order valence-electron chi connectivity index (χ3n) is 4.52. The minimum absolute atomic E-state index is 0. The van der Waals surface area contributed by atoms with E-state index < -0.39 is 11.6 Å². The second-order valence-corrected chi connectivity index (χ2v) is 6.54. The lowest BCUT2D eigenvalue weighted by molar-refractivity contribution is -0.150. The number of aryl methyl sites for hydroxylation is 1. The van der Waals surface area contributed by atoms with E-state index >= 15 is 0 Å². The van der Waals surface area contributed by atoms with Gasteiger partial charge in [0.25, 0.3) is 0 Å². The second-order valence-electron chi connectivity index (χ2n) is 6.54. The van der Waals surface area contributed by atoms with E-state index in [1.165, 1.54) is 0 Å². The average Bonchev–Trinajstić information content (AvgIpc) is 3.02. The zero-order valence-electron chi connectivity index (χ0n) is 14.6. The molecular weight excluding hydrogens is 340 g/mol. The number of rotatable bonds is 4. The molecule has 0 aliphatic carbocycles. The first-order valence-corrected chi connectivity index (χ1v) is 8.19. The summed E-state index contributed by atoms with van der Waals surface area (Å²) in [5.74, 6) is -0.0303. The maximum atomic E-state index is 12.8. The monoisotopic (exact) mass is 364 g/mol. The molecule has 1 aliphatic heterocycles. The minimum atomic E-state index is -0.547. The Bertz CT molecular complexity index is 706. The molecule has 1 aliphatic rings. The molecule has 2 heterocycles. The van der Waals surface area contributed by atoms with Crippen LogP contribution in [0, 0.1) is 0 Å². The van der Waals surface area contributed by atoms with Crippen molar-refractivity contribution in [1.29, 1.82) is 0 Å². The number of ether oxygens (including phenoxy) is 1. The number of hydrogen-bond donors (Lipinski definition) is 1. The molecule has 2 aromatic rings. The maximum Gasteiger partial charge on any atom is 0.240 e. The summed E-state index contributed by atoms with van der Waals surface area (Å²) in [5, 5.41) is 4.21. The Morgan fingerprint density at radius 3 is 2.76 bits per heavy atom. The summed E-state index contributed by atoms with van der Waals surface area (Å²) in [5.41, 5.74) is 7.66. The first-order chi connectivity index (χ1) is 11.5. The van der Waals surface area contributed by atoms with E-state index in [1.807, 2.05) is 55.4 Å². The molecule has 0 saturated carbocycles. The standard InChI is InChI=1S/C18H24N4O2.ClH/c1-18(15-11-20-21(2)12-15)13-22(8-9-24-18)17(23)16(19)10-14-6-4-3-5-7-14;/h3-7,11-12,16H,8-10,13,19H2,1-2H3;1H/t16-,18?;/m0./s1. The number of morpholine rings is 1.